The first-order valence-electron chi connectivity index (χ1n) is 11.5. The Labute approximate surface area is 205 Å². The molecule has 2 N–H and O–H groups in total. The van der Waals surface area contributed by atoms with Crippen molar-refractivity contribution in [1.82, 2.24) is 0 Å². The number of fused-ring (bicyclic) bond motifs is 1. The fourth-order valence-corrected chi connectivity index (χ4v) is 4.01. The SMILES string of the molecule is Cc1cc(NC(=O)c2ccc(OC[C@@H]3CN(C)c4ccccc4O3)cc2)cc(C(C)(C)C(=O)O)c1. The van der Waals surface area contributed by atoms with Gasteiger partial charge in [-0.15, -0.1) is 0 Å². The van der Waals surface area contributed by atoms with E-state index in [0.717, 1.165) is 17.0 Å². The first-order chi connectivity index (χ1) is 16.6. The maximum atomic E-state index is 12.8. The lowest BCUT2D eigenvalue weighted by Gasteiger charge is -2.33. The van der Waals surface area contributed by atoms with Crippen LogP contribution < -0.4 is 19.7 Å². The van der Waals surface area contributed by atoms with Crippen LogP contribution in [-0.2, 0) is 10.2 Å². The number of carbonyl (C=O) groups is 2. The van der Waals surface area contributed by atoms with Crippen LogP contribution in [0.2, 0.25) is 0 Å². The molecule has 1 atom stereocenters. The Morgan fingerprint density at radius 1 is 1.11 bits per heavy atom. The minimum Gasteiger partial charge on any atom is -0.490 e. The summed E-state index contributed by atoms with van der Waals surface area (Å²) in [5.74, 6) is 0.279. The van der Waals surface area contributed by atoms with E-state index in [9.17, 15) is 14.7 Å². The van der Waals surface area contributed by atoms with E-state index in [1.807, 2.05) is 50.4 Å². The molecule has 0 aliphatic carbocycles. The number of aliphatic carboxylic acids is 1. The van der Waals surface area contributed by atoms with Crippen LogP contribution in [0.15, 0.2) is 66.7 Å². The van der Waals surface area contributed by atoms with Crippen LogP contribution in [0.25, 0.3) is 0 Å². The molecule has 182 valence electrons. The molecule has 3 aromatic carbocycles. The average molecular weight is 475 g/mol. The fourth-order valence-electron chi connectivity index (χ4n) is 4.01. The number of hydrogen-bond donors (Lipinski definition) is 2. The van der Waals surface area contributed by atoms with E-state index in [4.69, 9.17) is 9.47 Å². The average Bonchev–Trinajstić information content (AvgIpc) is 2.82. The van der Waals surface area contributed by atoms with Gasteiger partial charge < -0.3 is 24.8 Å². The van der Waals surface area contributed by atoms with Crippen molar-refractivity contribution in [3.8, 4) is 11.5 Å². The minimum atomic E-state index is -1.07. The summed E-state index contributed by atoms with van der Waals surface area (Å²) in [5, 5.41) is 12.4. The van der Waals surface area contributed by atoms with Gasteiger partial charge in [0.25, 0.3) is 5.91 Å². The summed E-state index contributed by atoms with van der Waals surface area (Å²) in [4.78, 5) is 26.6. The van der Waals surface area contributed by atoms with Gasteiger partial charge >= 0.3 is 5.97 Å². The summed E-state index contributed by atoms with van der Waals surface area (Å²) in [7, 11) is 2.03. The van der Waals surface area contributed by atoms with E-state index in [1.54, 1.807) is 44.2 Å². The van der Waals surface area contributed by atoms with Crippen LogP contribution in [0, 0.1) is 6.92 Å². The van der Waals surface area contributed by atoms with Gasteiger partial charge in [-0.2, -0.15) is 0 Å². The number of likely N-dealkylation sites (N-methyl/N-ethyl adjacent to an activating group) is 1. The van der Waals surface area contributed by atoms with Gasteiger partial charge in [0.15, 0.2) is 0 Å². The summed E-state index contributed by atoms with van der Waals surface area (Å²) >= 11 is 0. The Morgan fingerprint density at radius 3 is 2.54 bits per heavy atom. The van der Waals surface area contributed by atoms with E-state index in [2.05, 4.69) is 10.2 Å². The molecule has 1 aliphatic rings. The highest BCUT2D eigenvalue weighted by molar-refractivity contribution is 6.04. The van der Waals surface area contributed by atoms with Crippen molar-refractivity contribution in [1.29, 1.82) is 0 Å². The number of carbonyl (C=O) groups excluding carboxylic acids is 1. The number of anilines is 2. The molecule has 7 nitrogen and oxygen atoms in total. The number of carboxylic acid groups (broad SMARTS) is 1. The maximum Gasteiger partial charge on any atom is 0.313 e. The number of amides is 1. The van der Waals surface area contributed by atoms with Crippen LogP contribution in [0.1, 0.15) is 35.3 Å². The lowest BCUT2D eigenvalue weighted by molar-refractivity contribution is -0.142. The van der Waals surface area contributed by atoms with Crippen molar-refractivity contribution < 1.29 is 24.2 Å². The van der Waals surface area contributed by atoms with Crippen LogP contribution in [0.3, 0.4) is 0 Å². The maximum absolute atomic E-state index is 12.8. The first-order valence-corrected chi connectivity index (χ1v) is 11.5. The molecule has 35 heavy (non-hydrogen) atoms. The molecule has 1 amide bonds. The molecular formula is C28H30N2O5. The van der Waals surface area contributed by atoms with Crippen molar-refractivity contribution in [2.24, 2.45) is 0 Å². The fraction of sp³-hybridized carbons (Fsp3) is 0.286. The molecule has 7 heteroatoms. The third-order valence-corrected chi connectivity index (χ3v) is 6.19. The van der Waals surface area contributed by atoms with E-state index in [1.165, 1.54) is 0 Å². The number of hydrogen-bond acceptors (Lipinski definition) is 5. The highest BCUT2D eigenvalue weighted by Gasteiger charge is 2.30. The van der Waals surface area contributed by atoms with E-state index in [0.29, 0.717) is 35.7 Å². The molecule has 0 spiro atoms. The smallest absolute Gasteiger partial charge is 0.313 e. The second-order valence-electron chi connectivity index (χ2n) is 9.40. The zero-order valence-electron chi connectivity index (χ0n) is 20.4. The Bertz CT molecular complexity index is 1240. The van der Waals surface area contributed by atoms with Crippen LogP contribution >= 0.6 is 0 Å². The summed E-state index contributed by atoms with van der Waals surface area (Å²) in [6.45, 7) is 6.26. The topological polar surface area (TPSA) is 88.1 Å². The van der Waals surface area contributed by atoms with Crippen molar-refractivity contribution >= 4 is 23.3 Å². The highest BCUT2D eigenvalue weighted by Crippen LogP contribution is 2.32. The number of rotatable bonds is 7. The van der Waals surface area contributed by atoms with Crippen molar-refractivity contribution in [3.63, 3.8) is 0 Å². The highest BCUT2D eigenvalue weighted by atomic mass is 16.5. The lowest BCUT2D eigenvalue weighted by atomic mass is 9.84. The van der Waals surface area contributed by atoms with Crippen LogP contribution in [0.5, 0.6) is 11.5 Å². The standard InChI is InChI=1S/C28H30N2O5/c1-18-13-20(28(2,3)27(32)33)15-21(14-18)29-26(31)19-9-11-22(12-10-19)34-17-23-16-30(4)24-7-5-6-8-25(24)35-23/h5-15,23H,16-17H2,1-4H3,(H,29,31)(H,32,33)/t23-/m0/s1. The van der Waals surface area contributed by atoms with Crippen LogP contribution in [0.4, 0.5) is 11.4 Å². The number of aryl methyl sites for hydroxylation is 1. The lowest BCUT2D eigenvalue weighted by Crippen LogP contribution is -2.41. The molecule has 0 saturated heterocycles. The molecule has 0 saturated carbocycles. The third kappa shape index (κ3) is 5.40. The van der Waals surface area contributed by atoms with Gasteiger partial charge in [-0.05, 0) is 80.4 Å². The summed E-state index contributed by atoms with van der Waals surface area (Å²) in [6, 6.07) is 20.2. The molecule has 0 fully saturated rings. The quantitative estimate of drug-likeness (QED) is 0.507. The molecule has 0 bridgehead atoms. The second kappa shape index (κ2) is 9.70. The van der Waals surface area contributed by atoms with Gasteiger partial charge in [-0.1, -0.05) is 18.2 Å². The Kier molecular flexibility index (Phi) is 6.69. The molecule has 3 aromatic rings. The molecule has 0 unspecified atom stereocenters. The molecule has 0 radical (unpaired) electrons. The predicted molar refractivity (Wildman–Crippen MR) is 136 cm³/mol. The van der Waals surface area contributed by atoms with E-state index < -0.39 is 11.4 Å². The van der Waals surface area contributed by atoms with Gasteiger partial charge in [-0.25, -0.2) is 0 Å². The van der Waals surface area contributed by atoms with Crippen LogP contribution in [-0.4, -0.2) is 43.3 Å². The van der Waals surface area contributed by atoms with Gasteiger partial charge in [-0.3, -0.25) is 9.59 Å². The number of nitrogens with zero attached hydrogens (tertiary/aromatic N) is 1. The molecule has 4 rings (SSSR count). The summed E-state index contributed by atoms with van der Waals surface area (Å²) in [6.07, 6.45) is -0.108. The predicted octanol–water partition coefficient (Wildman–Crippen LogP) is 4.89. The van der Waals surface area contributed by atoms with Crippen molar-refractivity contribution in [2.75, 3.05) is 30.4 Å². The zero-order valence-corrected chi connectivity index (χ0v) is 20.4. The molecule has 0 aromatic heterocycles. The number of para-hydroxylation sites is 2. The summed E-state index contributed by atoms with van der Waals surface area (Å²) in [5.41, 5.74) is 2.52. The van der Waals surface area contributed by atoms with Gasteiger partial charge in [0.2, 0.25) is 0 Å². The number of carboxylic acids is 1. The molecular weight excluding hydrogens is 444 g/mol. The van der Waals surface area contributed by atoms with Gasteiger partial charge in [0.05, 0.1) is 17.6 Å². The minimum absolute atomic E-state index is 0.108. The van der Waals surface area contributed by atoms with Gasteiger partial charge in [0.1, 0.15) is 24.2 Å². The molecule has 1 aliphatic heterocycles. The van der Waals surface area contributed by atoms with Crippen molar-refractivity contribution in [2.45, 2.75) is 32.3 Å². The largest absolute Gasteiger partial charge is 0.490 e. The Morgan fingerprint density at radius 2 is 1.83 bits per heavy atom. The Hall–Kier alpha value is -4.00. The van der Waals surface area contributed by atoms with E-state index >= 15 is 0 Å². The zero-order chi connectivity index (χ0) is 25.2. The second-order valence-corrected chi connectivity index (χ2v) is 9.40. The van der Waals surface area contributed by atoms with Crippen molar-refractivity contribution in [3.05, 3.63) is 83.4 Å². The monoisotopic (exact) mass is 474 g/mol. The number of ether oxygens (including phenoxy) is 2. The molecule has 1 heterocycles. The van der Waals surface area contributed by atoms with Gasteiger partial charge in [0, 0.05) is 18.3 Å². The number of nitrogens with one attached hydrogen (secondary N) is 1. The van der Waals surface area contributed by atoms with E-state index in [-0.39, 0.29) is 12.0 Å². The first kappa shape index (κ1) is 24.1. The Balaban J connectivity index is 1.37. The number of benzene rings is 3. The normalized spacial score (nSPS) is 15.1. The summed E-state index contributed by atoms with van der Waals surface area (Å²) < 4.78 is 12.0. The third-order valence-electron chi connectivity index (χ3n) is 6.19.